The Hall–Kier alpha value is -1.82. The molecular weight excluding hydrogens is 276 g/mol. The van der Waals surface area contributed by atoms with E-state index in [0.717, 1.165) is 6.07 Å². The summed E-state index contributed by atoms with van der Waals surface area (Å²) in [6.45, 7) is 0.531. The number of rotatable bonds is 5. The number of halogens is 2. The molecule has 1 N–H and O–H groups in total. The quantitative estimate of drug-likeness (QED) is 0.921. The van der Waals surface area contributed by atoms with Gasteiger partial charge in [-0.25, -0.2) is 8.78 Å². The first-order valence-electron chi connectivity index (χ1n) is 7.19. The van der Waals surface area contributed by atoms with Crippen molar-refractivity contribution in [2.45, 2.75) is 44.7 Å². The molecule has 0 amide bonds. The van der Waals surface area contributed by atoms with E-state index in [-0.39, 0.29) is 6.42 Å². The molecule has 1 saturated carbocycles. The number of nitrogens with one attached hydrogen (secondary N) is 1. The molecule has 4 nitrogen and oxygen atoms in total. The molecule has 0 unspecified atom stereocenters. The lowest BCUT2D eigenvalue weighted by Crippen LogP contribution is -2.25. The normalized spacial score (nSPS) is 15.7. The molecule has 112 valence electrons. The van der Waals surface area contributed by atoms with Gasteiger partial charge in [0.2, 0.25) is 5.89 Å². The van der Waals surface area contributed by atoms with Gasteiger partial charge < -0.3 is 9.84 Å². The van der Waals surface area contributed by atoms with Crippen molar-refractivity contribution in [3.05, 3.63) is 47.1 Å². The van der Waals surface area contributed by atoms with Crippen molar-refractivity contribution in [2.24, 2.45) is 0 Å². The summed E-state index contributed by atoms with van der Waals surface area (Å²) in [5.74, 6) is -0.278. The molecule has 0 saturated heterocycles. The van der Waals surface area contributed by atoms with Crippen LogP contribution in [0.2, 0.25) is 0 Å². The summed E-state index contributed by atoms with van der Waals surface area (Å²) >= 11 is 0. The third-order valence-electron chi connectivity index (χ3n) is 3.77. The molecule has 6 heteroatoms. The lowest BCUT2D eigenvalue weighted by molar-refractivity contribution is 0.353. The molecule has 3 rings (SSSR count). The molecular formula is C15H17F2N3O. The Morgan fingerprint density at radius 3 is 2.81 bits per heavy atom. The van der Waals surface area contributed by atoms with Crippen LogP contribution in [0.3, 0.4) is 0 Å². The Kier molecular flexibility index (Phi) is 4.24. The van der Waals surface area contributed by atoms with Gasteiger partial charge in [0.1, 0.15) is 11.6 Å². The maximum absolute atomic E-state index is 13.6. The monoisotopic (exact) mass is 293 g/mol. The number of benzene rings is 1. The Morgan fingerprint density at radius 2 is 2.05 bits per heavy atom. The van der Waals surface area contributed by atoms with E-state index in [1.54, 1.807) is 0 Å². The van der Waals surface area contributed by atoms with E-state index in [4.69, 9.17) is 4.52 Å². The van der Waals surface area contributed by atoms with Gasteiger partial charge in [-0.1, -0.05) is 24.1 Å². The summed E-state index contributed by atoms with van der Waals surface area (Å²) in [6, 6.07) is 4.01. The van der Waals surface area contributed by atoms with Gasteiger partial charge in [-0.3, -0.25) is 0 Å². The fourth-order valence-corrected chi connectivity index (χ4v) is 2.63. The van der Waals surface area contributed by atoms with Gasteiger partial charge in [-0.15, -0.1) is 0 Å². The molecule has 21 heavy (non-hydrogen) atoms. The highest BCUT2D eigenvalue weighted by molar-refractivity contribution is 5.21. The first-order chi connectivity index (χ1) is 10.2. The summed E-state index contributed by atoms with van der Waals surface area (Å²) in [5.41, 5.74) is 0.354. The predicted molar refractivity (Wildman–Crippen MR) is 72.6 cm³/mol. The third-order valence-corrected chi connectivity index (χ3v) is 3.77. The molecule has 0 aliphatic heterocycles. The van der Waals surface area contributed by atoms with E-state index < -0.39 is 11.6 Å². The molecule has 1 aliphatic carbocycles. The van der Waals surface area contributed by atoms with E-state index in [9.17, 15) is 8.78 Å². The highest BCUT2D eigenvalue weighted by Gasteiger charge is 2.16. The summed E-state index contributed by atoms with van der Waals surface area (Å²) in [7, 11) is 0. The summed E-state index contributed by atoms with van der Waals surface area (Å²) in [5, 5.41) is 7.21. The maximum Gasteiger partial charge on any atom is 0.240 e. The average Bonchev–Trinajstić information content (AvgIpc) is 3.11. The van der Waals surface area contributed by atoms with Crippen LogP contribution >= 0.6 is 0 Å². The van der Waals surface area contributed by atoms with Crippen molar-refractivity contribution in [1.82, 2.24) is 15.5 Å². The number of hydrogen-bond donors (Lipinski definition) is 1. The minimum absolute atomic E-state index is 0.193. The Morgan fingerprint density at radius 1 is 1.24 bits per heavy atom. The number of nitrogens with zero attached hydrogens (tertiary/aromatic N) is 2. The molecule has 0 atom stereocenters. The lowest BCUT2D eigenvalue weighted by Gasteiger charge is -2.08. The van der Waals surface area contributed by atoms with Crippen LogP contribution in [0.4, 0.5) is 8.78 Å². The van der Waals surface area contributed by atoms with Crippen molar-refractivity contribution in [1.29, 1.82) is 0 Å². The maximum atomic E-state index is 13.6. The summed E-state index contributed by atoms with van der Waals surface area (Å²) < 4.78 is 31.5. The Bertz CT molecular complexity index is 609. The van der Waals surface area contributed by atoms with E-state index >= 15 is 0 Å². The average molecular weight is 293 g/mol. The minimum Gasteiger partial charge on any atom is -0.338 e. The highest BCUT2D eigenvalue weighted by atomic mass is 19.1. The topological polar surface area (TPSA) is 51.0 Å². The van der Waals surface area contributed by atoms with E-state index in [2.05, 4.69) is 15.5 Å². The Balaban J connectivity index is 1.59. The second-order valence-electron chi connectivity index (χ2n) is 5.38. The van der Waals surface area contributed by atoms with Crippen LogP contribution in [-0.4, -0.2) is 16.2 Å². The standard InChI is InChI=1S/C15H17F2N3O/c16-11-6-5-10(13(17)8-11)7-14-19-15(21-20-14)9-18-12-3-1-2-4-12/h5-6,8,12,18H,1-4,7,9H2. The molecule has 1 aliphatic rings. The van der Waals surface area contributed by atoms with Crippen molar-refractivity contribution in [3.8, 4) is 0 Å². The van der Waals surface area contributed by atoms with Gasteiger partial charge >= 0.3 is 0 Å². The zero-order valence-electron chi connectivity index (χ0n) is 11.6. The molecule has 1 aromatic heterocycles. The molecule has 0 bridgehead atoms. The van der Waals surface area contributed by atoms with E-state index in [1.807, 2.05) is 0 Å². The number of aromatic nitrogens is 2. The van der Waals surface area contributed by atoms with Crippen LogP contribution in [0.25, 0.3) is 0 Å². The Labute approximate surface area is 121 Å². The van der Waals surface area contributed by atoms with Gasteiger partial charge in [-0.05, 0) is 24.5 Å². The first-order valence-corrected chi connectivity index (χ1v) is 7.19. The minimum atomic E-state index is -0.592. The smallest absolute Gasteiger partial charge is 0.240 e. The van der Waals surface area contributed by atoms with Crippen molar-refractivity contribution >= 4 is 0 Å². The SMILES string of the molecule is Fc1ccc(Cc2noc(CNC3CCCC3)n2)c(F)c1. The molecule has 1 heterocycles. The lowest BCUT2D eigenvalue weighted by atomic mass is 10.1. The van der Waals surface area contributed by atoms with Crippen molar-refractivity contribution < 1.29 is 13.3 Å². The van der Waals surface area contributed by atoms with Gasteiger partial charge in [0.05, 0.1) is 6.54 Å². The fourth-order valence-electron chi connectivity index (χ4n) is 2.63. The largest absolute Gasteiger partial charge is 0.338 e. The van der Waals surface area contributed by atoms with Gasteiger partial charge in [0.15, 0.2) is 5.82 Å². The summed E-state index contributed by atoms with van der Waals surface area (Å²) in [4.78, 5) is 4.23. The fraction of sp³-hybridized carbons (Fsp3) is 0.467. The van der Waals surface area contributed by atoms with E-state index in [1.165, 1.54) is 37.8 Å². The zero-order valence-corrected chi connectivity index (χ0v) is 11.6. The van der Waals surface area contributed by atoms with Crippen LogP contribution in [0, 0.1) is 11.6 Å². The first kappa shape index (κ1) is 14.1. The molecule has 1 aromatic carbocycles. The van der Waals surface area contributed by atoms with E-state index in [0.29, 0.717) is 29.9 Å². The molecule has 2 aromatic rings. The third kappa shape index (κ3) is 3.64. The van der Waals surface area contributed by atoms with Gasteiger partial charge in [0.25, 0.3) is 0 Å². The molecule has 1 fully saturated rings. The predicted octanol–water partition coefficient (Wildman–Crippen LogP) is 2.97. The highest BCUT2D eigenvalue weighted by Crippen LogP contribution is 2.18. The van der Waals surface area contributed by atoms with Crippen LogP contribution in [0.1, 0.15) is 43.0 Å². The van der Waals surface area contributed by atoms with Crippen molar-refractivity contribution in [2.75, 3.05) is 0 Å². The number of hydrogen-bond acceptors (Lipinski definition) is 4. The second-order valence-corrected chi connectivity index (χ2v) is 5.38. The molecule has 0 spiro atoms. The van der Waals surface area contributed by atoms with Crippen LogP contribution in [-0.2, 0) is 13.0 Å². The second kappa shape index (κ2) is 6.30. The molecule has 0 radical (unpaired) electrons. The van der Waals surface area contributed by atoms with Crippen molar-refractivity contribution in [3.63, 3.8) is 0 Å². The summed E-state index contributed by atoms with van der Waals surface area (Å²) in [6.07, 6.45) is 5.08. The van der Waals surface area contributed by atoms with Crippen LogP contribution < -0.4 is 5.32 Å². The zero-order chi connectivity index (χ0) is 14.7. The van der Waals surface area contributed by atoms with Crippen LogP contribution in [0.5, 0.6) is 0 Å². The van der Waals surface area contributed by atoms with Crippen LogP contribution in [0.15, 0.2) is 22.7 Å². The van der Waals surface area contributed by atoms with Gasteiger partial charge in [-0.2, -0.15) is 4.98 Å². The van der Waals surface area contributed by atoms with Gasteiger partial charge in [0, 0.05) is 18.5 Å².